The number of aromatic nitrogens is 3. The Hall–Kier alpha value is -2.93. The van der Waals surface area contributed by atoms with E-state index in [1.54, 1.807) is 9.13 Å². The zero-order valence-electron chi connectivity index (χ0n) is 17.4. The molecule has 0 amide bonds. The van der Waals surface area contributed by atoms with Gasteiger partial charge in [-0.05, 0) is 61.1 Å². The smallest absolute Gasteiger partial charge is 0.329 e. The largest absolute Gasteiger partial charge is 0.481 e. The number of hydrogen-bond acceptors (Lipinski definition) is 4. The summed E-state index contributed by atoms with van der Waals surface area (Å²) in [5.41, 5.74) is 4.62. The molecule has 0 aliphatic heterocycles. The number of nitrogens with zero attached hydrogens (tertiary/aromatic N) is 3. The van der Waals surface area contributed by atoms with Crippen molar-refractivity contribution in [2.45, 2.75) is 52.6 Å². The summed E-state index contributed by atoms with van der Waals surface area (Å²) in [5.74, 6) is -0.895. The first-order valence-corrected chi connectivity index (χ1v) is 10.9. The molecular formula is C23H25N3O3S. The SMILES string of the molecule is CCCC(CC(=O)O)n1c(=O)n(Cc2nsc3cc(C)cc(C)c23)c2ccccc21. The highest BCUT2D eigenvalue weighted by molar-refractivity contribution is 7.13. The first-order chi connectivity index (χ1) is 14.4. The van der Waals surface area contributed by atoms with Gasteiger partial charge in [0.15, 0.2) is 0 Å². The molecule has 0 spiro atoms. The average Bonchev–Trinajstić information content (AvgIpc) is 3.21. The predicted octanol–water partition coefficient (Wildman–Crippen LogP) is 4.89. The van der Waals surface area contributed by atoms with Gasteiger partial charge < -0.3 is 5.11 Å². The molecule has 0 radical (unpaired) electrons. The number of fused-ring (bicyclic) bond motifs is 2. The number of imidazole rings is 1. The fraction of sp³-hybridized carbons (Fsp3) is 0.348. The number of carboxylic acids is 1. The molecule has 0 aliphatic carbocycles. The van der Waals surface area contributed by atoms with Crippen LogP contribution in [0.5, 0.6) is 0 Å². The zero-order chi connectivity index (χ0) is 21.4. The minimum atomic E-state index is -0.895. The molecule has 0 fully saturated rings. The third kappa shape index (κ3) is 3.54. The van der Waals surface area contributed by atoms with Gasteiger partial charge in [0.25, 0.3) is 0 Å². The van der Waals surface area contributed by atoms with Crippen LogP contribution in [0, 0.1) is 13.8 Å². The van der Waals surface area contributed by atoms with Gasteiger partial charge in [0, 0.05) is 11.4 Å². The van der Waals surface area contributed by atoms with Crippen molar-refractivity contribution >= 4 is 38.6 Å². The Morgan fingerprint density at radius 3 is 2.63 bits per heavy atom. The second-order valence-corrected chi connectivity index (χ2v) is 8.66. The molecule has 4 aromatic rings. The molecule has 0 aliphatic rings. The van der Waals surface area contributed by atoms with Gasteiger partial charge in [-0.25, -0.2) is 4.79 Å². The van der Waals surface area contributed by atoms with Gasteiger partial charge >= 0.3 is 11.7 Å². The van der Waals surface area contributed by atoms with E-state index in [0.717, 1.165) is 38.8 Å². The number of rotatable bonds is 7. The Balaban J connectivity index is 1.88. The minimum absolute atomic E-state index is 0.0697. The lowest BCUT2D eigenvalue weighted by molar-refractivity contribution is -0.137. The topological polar surface area (TPSA) is 77.1 Å². The van der Waals surface area contributed by atoms with Gasteiger partial charge in [0.05, 0.1) is 34.4 Å². The highest BCUT2D eigenvalue weighted by Crippen LogP contribution is 2.29. The van der Waals surface area contributed by atoms with Crippen molar-refractivity contribution in [1.29, 1.82) is 0 Å². The van der Waals surface area contributed by atoms with Crippen LogP contribution in [0.25, 0.3) is 21.1 Å². The molecule has 1 atom stereocenters. The summed E-state index contributed by atoms with van der Waals surface area (Å²) < 4.78 is 9.17. The van der Waals surface area contributed by atoms with Crippen molar-refractivity contribution in [3.8, 4) is 0 Å². The monoisotopic (exact) mass is 423 g/mol. The maximum Gasteiger partial charge on any atom is 0.329 e. The van der Waals surface area contributed by atoms with Crippen molar-refractivity contribution in [3.05, 3.63) is 63.7 Å². The van der Waals surface area contributed by atoms with Crippen molar-refractivity contribution < 1.29 is 9.90 Å². The molecule has 156 valence electrons. The Morgan fingerprint density at radius 1 is 1.20 bits per heavy atom. The molecule has 1 unspecified atom stereocenters. The highest BCUT2D eigenvalue weighted by atomic mass is 32.1. The van der Waals surface area contributed by atoms with Crippen LogP contribution in [0.15, 0.2) is 41.2 Å². The molecule has 2 aromatic carbocycles. The van der Waals surface area contributed by atoms with E-state index in [-0.39, 0.29) is 18.2 Å². The summed E-state index contributed by atoms with van der Waals surface area (Å²) in [6.07, 6.45) is 1.37. The molecule has 4 rings (SSSR count). The van der Waals surface area contributed by atoms with Gasteiger partial charge in [-0.1, -0.05) is 31.5 Å². The zero-order valence-corrected chi connectivity index (χ0v) is 18.2. The molecule has 7 heteroatoms. The third-order valence-electron chi connectivity index (χ3n) is 5.56. The fourth-order valence-corrected chi connectivity index (χ4v) is 5.34. The van der Waals surface area contributed by atoms with E-state index in [9.17, 15) is 14.7 Å². The highest BCUT2D eigenvalue weighted by Gasteiger charge is 2.23. The number of aryl methyl sites for hydroxylation is 2. The van der Waals surface area contributed by atoms with E-state index in [0.29, 0.717) is 13.0 Å². The van der Waals surface area contributed by atoms with Crippen molar-refractivity contribution in [3.63, 3.8) is 0 Å². The van der Waals surface area contributed by atoms with Crippen molar-refractivity contribution in [1.82, 2.24) is 13.5 Å². The van der Waals surface area contributed by atoms with E-state index in [1.165, 1.54) is 17.1 Å². The summed E-state index contributed by atoms with van der Waals surface area (Å²) in [7, 11) is 0. The van der Waals surface area contributed by atoms with Gasteiger partial charge in [-0.2, -0.15) is 4.37 Å². The van der Waals surface area contributed by atoms with Crippen LogP contribution in [-0.2, 0) is 11.3 Å². The minimum Gasteiger partial charge on any atom is -0.481 e. The van der Waals surface area contributed by atoms with E-state index in [4.69, 9.17) is 0 Å². The molecule has 0 bridgehead atoms. The van der Waals surface area contributed by atoms with Gasteiger partial charge in [-0.15, -0.1) is 0 Å². The first-order valence-electron chi connectivity index (χ1n) is 10.2. The van der Waals surface area contributed by atoms with Crippen molar-refractivity contribution in [2.24, 2.45) is 0 Å². The maximum atomic E-state index is 13.5. The Kier molecular flexibility index (Phi) is 5.47. The van der Waals surface area contributed by atoms with E-state index < -0.39 is 5.97 Å². The lowest BCUT2D eigenvalue weighted by Gasteiger charge is -2.15. The second kappa shape index (κ2) is 8.07. The van der Waals surface area contributed by atoms with Crippen LogP contribution >= 0.6 is 11.5 Å². The summed E-state index contributed by atoms with van der Waals surface area (Å²) in [4.78, 5) is 24.9. The maximum absolute atomic E-state index is 13.5. The molecular weight excluding hydrogens is 398 g/mol. The summed E-state index contributed by atoms with van der Waals surface area (Å²) in [6, 6.07) is 11.5. The quantitative estimate of drug-likeness (QED) is 0.459. The molecule has 6 nitrogen and oxygen atoms in total. The van der Waals surface area contributed by atoms with Crippen LogP contribution in [0.1, 0.15) is 49.0 Å². The van der Waals surface area contributed by atoms with E-state index >= 15 is 0 Å². The van der Waals surface area contributed by atoms with Crippen molar-refractivity contribution in [2.75, 3.05) is 0 Å². The number of benzene rings is 2. The number of carbonyl (C=O) groups is 1. The lowest BCUT2D eigenvalue weighted by atomic mass is 10.1. The van der Waals surface area contributed by atoms with E-state index in [2.05, 4.69) is 30.4 Å². The Morgan fingerprint density at radius 2 is 1.93 bits per heavy atom. The fourth-order valence-electron chi connectivity index (χ4n) is 4.37. The molecule has 0 saturated carbocycles. The van der Waals surface area contributed by atoms with Gasteiger partial charge in [0.1, 0.15) is 0 Å². The average molecular weight is 424 g/mol. The van der Waals surface area contributed by atoms with Crippen LogP contribution in [0.2, 0.25) is 0 Å². The predicted molar refractivity (Wildman–Crippen MR) is 121 cm³/mol. The summed E-state index contributed by atoms with van der Waals surface area (Å²) in [6.45, 7) is 6.51. The van der Waals surface area contributed by atoms with Crippen LogP contribution in [0.4, 0.5) is 0 Å². The Bertz CT molecular complexity index is 1300. The first kappa shape index (κ1) is 20.3. The number of hydrogen-bond donors (Lipinski definition) is 1. The van der Waals surface area contributed by atoms with Crippen LogP contribution < -0.4 is 5.69 Å². The molecule has 1 N–H and O–H groups in total. The normalized spacial score (nSPS) is 12.6. The lowest BCUT2D eigenvalue weighted by Crippen LogP contribution is -2.29. The Labute approximate surface area is 178 Å². The third-order valence-corrected chi connectivity index (χ3v) is 6.39. The van der Waals surface area contributed by atoms with Crippen LogP contribution in [-0.4, -0.2) is 24.6 Å². The molecule has 30 heavy (non-hydrogen) atoms. The molecule has 2 heterocycles. The summed E-state index contributed by atoms with van der Waals surface area (Å²) >= 11 is 1.45. The number of para-hydroxylation sites is 2. The molecule has 0 saturated heterocycles. The van der Waals surface area contributed by atoms with Crippen LogP contribution in [0.3, 0.4) is 0 Å². The summed E-state index contributed by atoms with van der Waals surface area (Å²) in [5, 5.41) is 10.5. The number of aliphatic carboxylic acids is 1. The van der Waals surface area contributed by atoms with Gasteiger partial charge in [0.2, 0.25) is 0 Å². The van der Waals surface area contributed by atoms with Gasteiger partial charge in [-0.3, -0.25) is 13.9 Å². The second-order valence-electron chi connectivity index (χ2n) is 7.85. The standard InChI is InChI=1S/C23H25N3O3S/c1-4-7-16(12-21(27)28)26-19-9-6-5-8-18(19)25(23(26)29)13-17-22-15(3)10-14(2)11-20(22)30-24-17/h5-6,8-11,16H,4,7,12-13H2,1-3H3,(H,27,28). The van der Waals surface area contributed by atoms with E-state index in [1.807, 2.05) is 31.2 Å². The molecule has 2 aromatic heterocycles. The number of carboxylic acid groups (broad SMARTS) is 1.